The van der Waals surface area contributed by atoms with Crippen LogP contribution in [0.15, 0.2) is 23.6 Å². The summed E-state index contributed by atoms with van der Waals surface area (Å²) in [5.74, 6) is -0.107. The number of benzene rings is 1. The molecule has 0 aliphatic rings. The zero-order valence-electron chi connectivity index (χ0n) is 14.3. The van der Waals surface area contributed by atoms with Gasteiger partial charge < -0.3 is 15.8 Å². The number of hydrogen-bond acceptors (Lipinski definition) is 7. The van der Waals surface area contributed by atoms with Gasteiger partial charge in [-0.3, -0.25) is 9.52 Å². The van der Waals surface area contributed by atoms with E-state index in [-0.39, 0.29) is 24.1 Å². The predicted octanol–water partition coefficient (Wildman–Crippen LogP) is 2.09. The summed E-state index contributed by atoms with van der Waals surface area (Å²) in [7, 11) is -2.00. The Morgan fingerprint density at radius 2 is 2.12 bits per heavy atom. The van der Waals surface area contributed by atoms with Crippen molar-refractivity contribution >= 4 is 51.0 Å². The van der Waals surface area contributed by atoms with E-state index in [2.05, 4.69) is 15.0 Å². The summed E-state index contributed by atoms with van der Waals surface area (Å²) in [6.07, 6.45) is 0.623. The Morgan fingerprint density at radius 1 is 1.38 bits per heavy atom. The van der Waals surface area contributed by atoms with E-state index in [1.54, 1.807) is 17.5 Å². The van der Waals surface area contributed by atoms with E-state index in [0.717, 1.165) is 5.01 Å². The number of hydrogen-bond donors (Lipinski definition) is 3. The highest BCUT2D eigenvalue weighted by atomic mass is 35.5. The minimum atomic E-state index is -3.42. The van der Waals surface area contributed by atoms with Crippen molar-refractivity contribution in [2.75, 3.05) is 29.4 Å². The third kappa shape index (κ3) is 5.84. The zero-order valence-corrected chi connectivity index (χ0v) is 16.8. The molecule has 0 radical (unpaired) electrons. The summed E-state index contributed by atoms with van der Waals surface area (Å²) in [5, 5.41) is 5.18. The zero-order chi connectivity index (χ0) is 18.4. The van der Waals surface area contributed by atoms with E-state index in [9.17, 15) is 13.2 Å². The molecule has 8 nitrogen and oxygen atoms in total. The molecule has 1 heterocycles. The SMILES string of the molecule is CCS(=O)(=O)Nc1ccc(NC(=O)c2csc(CCN)n2)cc1OC.Cl. The van der Waals surface area contributed by atoms with Crippen molar-refractivity contribution in [3.63, 3.8) is 0 Å². The number of nitrogens with zero attached hydrogens (tertiary/aromatic N) is 1. The van der Waals surface area contributed by atoms with Crippen LogP contribution in [0.2, 0.25) is 0 Å². The summed E-state index contributed by atoms with van der Waals surface area (Å²) >= 11 is 1.38. The number of anilines is 2. The molecule has 1 aromatic heterocycles. The van der Waals surface area contributed by atoms with Crippen LogP contribution in [0.4, 0.5) is 11.4 Å². The molecule has 0 aliphatic carbocycles. The molecule has 11 heteroatoms. The first kappa shape index (κ1) is 22.2. The Kier molecular flexibility index (Phi) is 8.28. The van der Waals surface area contributed by atoms with Gasteiger partial charge in [-0.25, -0.2) is 13.4 Å². The monoisotopic (exact) mass is 420 g/mol. The van der Waals surface area contributed by atoms with Crippen LogP contribution in [0.5, 0.6) is 5.75 Å². The van der Waals surface area contributed by atoms with Gasteiger partial charge in [0.2, 0.25) is 10.0 Å². The van der Waals surface area contributed by atoms with E-state index >= 15 is 0 Å². The second-order valence-corrected chi connectivity index (χ2v) is 7.99. The first-order valence-corrected chi connectivity index (χ1v) is 10.1. The van der Waals surface area contributed by atoms with Crippen LogP contribution in [-0.4, -0.2) is 38.7 Å². The standard InChI is InChI=1S/C15H20N4O4S2.ClH/c1-3-25(21,22)19-11-5-4-10(8-13(11)23-2)17-15(20)12-9-24-14(18-12)6-7-16;/h4-5,8-9,19H,3,6-7,16H2,1-2H3,(H,17,20);1H. The Morgan fingerprint density at radius 3 is 2.73 bits per heavy atom. The molecule has 1 amide bonds. The number of carbonyl (C=O) groups is 1. The van der Waals surface area contributed by atoms with Crippen molar-refractivity contribution in [3.8, 4) is 5.75 Å². The summed E-state index contributed by atoms with van der Waals surface area (Å²) in [5.41, 5.74) is 6.56. The average Bonchev–Trinajstić information content (AvgIpc) is 3.05. The number of thiazole rings is 1. The molecular weight excluding hydrogens is 400 g/mol. The van der Waals surface area contributed by atoms with Crippen molar-refractivity contribution in [2.45, 2.75) is 13.3 Å². The molecule has 0 fully saturated rings. The second kappa shape index (κ2) is 9.72. The average molecular weight is 421 g/mol. The number of nitrogens with one attached hydrogen (secondary N) is 2. The first-order chi connectivity index (χ1) is 11.9. The number of ether oxygens (including phenoxy) is 1. The van der Waals surface area contributed by atoms with Crippen molar-refractivity contribution < 1.29 is 17.9 Å². The highest BCUT2D eigenvalue weighted by Gasteiger charge is 2.14. The quantitative estimate of drug-likeness (QED) is 0.600. The van der Waals surface area contributed by atoms with Crippen molar-refractivity contribution in [3.05, 3.63) is 34.3 Å². The fraction of sp³-hybridized carbons (Fsp3) is 0.333. The molecule has 0 aliphatic heterocycles. The number of aromatic nitrogens is 1. The van der Waals surface area contributed by atoms with Gasteiger partial charge in [0.25, 0.3) is 5.91 Å². The molecule has 1 aromatic carbocycles. The van der Waals surface area contributed by atoms with E-state index in [1.165, 1.54) is 31.4 Å². The highest BCUT2D eigenvalue weighted by Crippen LogP contribution is 2.29. The molecule has 0 saturated heterocycles. The number of methoxy groups -OCH3 is 1. The number of carbonyl (C=O) groups excluding carboxylic acids is 1. The molecule has 26 heavy (non-hydrogen) atoms. The molecule has 0 unspecified atom stereocenters. The third-order valence-corrected chi connectivity index (χ3v) is 5.45. The molecule has 0 spiro atoms. The Hall–Kier alpha value is -1.88. The Labute approximate surface area is 162 Å². The minimum Gasteiger partial charge on any atom is -0.494 e. The van der Waals surface area contributed by atoms with Crippen LogP contribution in [0, 0.1) is 0 Å². The highest BCUT2D eigenvalue weighted by molar-refractivity contribution is 7.92. The van der Waals surface area contributed by atoms with E-state index in [1.807, 2.05) is 0 Å². The number of amides is 1. The van der Waals surface area contributed by atoms with E-state index < -0.39 is 10.0 Å². The third-order valence-electron chi connectivity index (χ3n) is 3.25. The smallest absolute Gasteiger partial charge is 0.275 e. The van der Waals surface area contributed by atoms with Crippen molar-refractivity contribution in [1.29, 1.82) is 0 Å². The van der Waals surface area contributed by atoms with Crippen molar-refractivity contribution in [1.82, 2.24) is 4.98 Å². The summed E-state index contributed by atoms with van der Waals surface area (Å²) in [6, 6.07) is 4.65. The Balaban J connectivity index is 0.00000338. The lowest BCUT2D eigenvalue weighted by Crippen LogP contribution is -2.16. The molecule has 0 atom stereocenters. The summed E-state index contributed by atoms with van der Waals surface area (Å²) < 4.78 is 31.0. The first-order valence-electron chi connectivity index (χ1n) is 7.53. The maximum atomic E-state index is 12.2. The Bertz CT molecular complexity index is 855. The maximum Gasteiger partial charge on any atom is 0.275 e. The molecular formula is C15H21ClN4O4S2. The lowest BCUT2D eigenvalue weighted by molar-refractivity contribution is 0.102. The number of nitrogens with two attached hydrogens (primary N) is 1. The number of sulfonamides is 1. The van der Waals surface area contributed by atoms with Gasteiger partial charge in [0, 0.05) is 23.6 Å². The van der Waals surface area contributed by atoms with Gasteiger partial charge in [-0.1, -0.05) is 0 Å². The van der Waals surface area contributed by atoms with E-state index in [4.69, 9.17) is 10.5 Å². The summed E-state index contributed by atoms with van der Waals surface area (Å²) in [6.45, 7) is 2.01. The lowest BCUT2D eigenvalue weighted by atomic mass is 10.2. The van der Waals surface area contributed by atoms with Gasteiger partial charge in [0.15, 0.2) is 0 Å². The molecule has 144 valence electrons. The molecule has 2 aromatic rings. The van der Waals surface area contributed by atoms with Crippen LogP contribution in [0.25, 0.3) is 0 Å². The molecule has 2 rings (SSSR count). The van der Waals surface area contributed by atoms with Crippen molar-refractivity contribution in [2.24, 2.45) is 5.73 Å². The van der Waals surface area contributed by atoms with Gasteiger partial charge >= 0.3 is 0 Å². The van der Waals surface area contributed by atoms with Crippen LogP contribution in [0.1, 0.15) is 22.4 Å². The van der Waals surface area contributed by atoms with Crippen LogP contribution in [0.3, 0.4) is 0 Å². The van der Waals surface area contributed by atoms with Gasteiger partial charge in [0.05, 0.1) is 23.6 Å². The van der Waals surface area contributed by atoms with Crippen LogP contribution in [-0.2, 0) is 16.4 Å². The summed E-state index contributed by atoms with van der Waals surface area (Å²) in [4.78, 5) is 16.5. The largest absolute Gasteiger partial charge is 0.494 e. The number of halogens is 1. The van der Waals surface area contributed by atoms with Crippen LogP contribution < -0.4 is 20.5 Å². The normalized spacial score (nSPS) is 10.7. The van der Waals surface area contributed by atoms with Gasteiger partial charge in [-0.05, 0) is 25.6 Å². The number of rotatable bonds is 8. The topological polar surface area (TPSA) is 123 Å². The second-order valence-electron chi connectivity index (χ2n) is 5.04. The molecule has 0 bridgehead atoms. The van der Waals surface area contributed by atoms with Gasteiger partial charge in [-0.15, -0.1) is 23.7 Å². The molecule has 4 N–H and O–H groups in total. The van der Waals surface area contributed by atoms with E-state index in [0.29, 0.717) is 35.8 Å². The fourth-order valence-corrected chi connectivity index (χ4v) is 3.38. The molecule has 0 saturated carbocycles. The predicted molar refractivity (Wildman–Crippen MR) is 106 cm³/mol. The van der Waals surface area contributed by atoms with Gasteiger partial charge in [-0.2, -0.15) is 0 Å². The maximum absolute atomic E-state index is 12.2. The fourth-order valence-electron chi connectivity index (χ4n) is 1.94. The minimum absolute atomic E-state index is 0. The lowest BCUT2D eigenvalue weighted by Gasteiger charge is -2.12. The van der Waals surface area contributed by atoms with Crippen LogP contribution >= 0.6 is 23.7 Å². The van der Waals surface area contributed by atoms with Gasteiger partial charge in [0.1, 0.15) is 11.4 Å².